The highest BCUT2D eigenvalue weighted by molar-refractivity contribution is 7.91. The van der Waals surface area contributed by atoms with Crippen molar-refractivity contribution in [3.63, 3.8) is 0 Å². The van der Waals surface area contributed by atoms with Crippen LogP contribution in [0.15, 0.2) is 23.1 Å². The lowest BCUT2D eigenvalue weighted by Crippen LogP contribution is -2.08. The molecule has 1 aromatic carbocycles. The number of esters is 1. The molecule has 0 saturated carbocycles. The Labute approximate surface area is 99.7 Å². The third-order valence-electron chi connectivity index (χ3n) is 2.64. The fraction of sp³-hybridized carbons (Fsp3) is 0.364. The standard InChI is InChI=1S/C11H13NO4S/c1-16-11(13)8-3-4-9-10(7-8)17(14,15)6-2-5-12-9/h3-4,7,12H,2,5-6H2,1H3. The van der Waals surface area contributed by atoms with Gasteiger partial charge in [-0.25, -0.2) is 13.2 Å². The van der Waals surface area contributed by atoms with Gasteiger partial charge in [0.2, 0.25) is 0 Å². The predicted molar refractivity (Wildman–Crippen MR) is 62.9 cm³/mol. The zero-order valence-corrected chi connectivity index (χ0v) is 10.2. The van der Waals surface area contributed by atoms with E-state index in [4.69, 9.17) is 0 Å². The molecule has 1 N–H and O–H groups in total. The molecule has 17 heavy (non-hydrogen) atoms. The van der Waals surface area contributed by atoms with Gasteiger partial charge in [-0.2, -0.15) is 0 Å². The molecule has 0 aromatic heterocycles. The van der Waals surface area contributed by atoms with Crippen molar-refractivity contribution in [1.82, 2.24) is 0 Å². The van der Waals surface area contributed by atoms with Crippen LogP contribution in [0.3, 0.4) is 0 Å². The Morgan fingerprint density at radius 3 is 2.88 bits per heavy atom. The summed E-state index contributed by atoms with van der Waals surface area (Å²) in [7, 11) is -2.05. The number of sulfone groups is 1. The topological polar surface area (TPSA) is 72.5 Å². The smallest absolute Gasteiger partial charge is 0.337 e. The van der Waals surface area contributed by atoms with Crippen molar-refractivity contribution >= 4 is 21.5 Å². The van der Waals surface area contributed by atoms with E-state index in [1.165, 1.54) is 13.2 Å². The predicted octanol–water partition coefficient (Wildman–Crippen LogP) is 1.06. The zero-order chi connectivity index (χ0) is 12.5. The number of benzene rings is 1. The van der Waals surface area contributed by atoms with E-state index in [0.29, 0.717) is 18.7 Å². The third kappa shape index (κ3) is 2.26. The minimum atomic E-state index is -3.31. The lowest BCUT2D eigenvalue weighted by atomic mass is 10.2. The van der Waals surface area contributed by atoms with Gasteiger partial charge < -0.3 is 10.1 Å². The number of carbonyl (C=O) groups is 1. The number of methoxy groups -OCH3 is 1. The van der Waals surface area contributed by atoms with E-state index in [-0.39, 0.29) is 16.2 Å². The first-order valence-electron chi connectivity index (χ1n) is 5.23. The molecule has 5 nitrogen and oxygen atoms in total. The van der Waals surface area contributed by atoms with E-state index in [1.54, 1.807) is 12.1 Å². The van der Waals surface area contributed by atoms with Gasteiger partial charge in [-0.15, -0.1) is 0 Å². The van der Waals surface area contributed by atoms with E-state index in [1.807, 2.05) is 0 Å². The normalized spacial score (nSPS) is 17.5. The van der Waals surface area contributed by atoms with Crippen LogP contribution in [0.4, 0.5) is 5.69 Å². The first kappa shape index (κ1) is 11.9. The fourth-order valence-electron chi connectivity index (χ4n) is 1.77. The number of fused-ring (bicyclic) bond motifs is 1. The number of carbonyl (C=O) groups excluding carboxylic acids is 1. The van der Waals surface area contributed by atoms with E-state index in [0.717, 1.165) is 0 Å². The highest BCUT2D eigenvalue weighted by Gasteiger charge is 2.23. The van der Waals surface area contributed by atoms with Crippen molar-refractivity contribution in [2.24, 2.45) is 0 Å². The first-order chi connectivity index (χ1) is 8.04. The lowest BCUT2D eigenvalue weighted by Gasteiger charge is -2.08. The summed E-state index contributed by atoms with van der Waals surface area (Å²) < 4.78 is 28.5. The van der Waals surface area contributed by atoms with Gasteiger partial charge in [-0.05, 0) is 24.6 Å². The largest absolute Gasteiger partial charge is 0.465 e. The summed E-state index contributed by atoms with van der Waals surface area (Å²) in [5.74, 6) is -0.440. The minimum Gasteiger partial charge on any atom is -0.465 e. The van der Waals surface area contributed by atoms with Gasteiger partial charge in [0.15, 0.2) is 9.84 Å². The summed E-state index contributed by atoms with van der Waals surface area (Å²) >= 11 is 0. The minimum absolute atomic E-state index is 0.0949. The molecule has 92 valence electrons. The van der Waals surface area contributed by atoms with E-state index < -0.39 is 15.8 Å². The summed E-state index contributed by atoms with van der Waals surface area (Å²) in [6, 6.07) is 4.53. The van der Waals surface area contributed by atoms with Crippen molar-refractivity contribution < 1.29 is 17.9 Å². The van der Waals surface area contributed by atoms with Crippen LogP contribution in [-0.4, -0.2) is 33.8 Å². The van der Waals surface area contributed by atoms with Gasteiger partial charge in [0, 0.05) is 6.54 Å². The van der Waals surface area contributed by atoms with Crippen molar-refractivity contribution in [3.8, 4) is 0 Å². The van der Waals surface area contributed by atoms with Crippen LogP contribution in [0.25, 0.3) is 0 Å². The monoisotopic (exact) mass is 255 g/mol. The van der Waals surface area contributed by atoms with Crippen LogP contribution in [0.1, 0.15) is 16.8 Å². The van der Waals surface area contributed by atoms with Gasteiger partial charge in [0.1, 0.15) is 0 Å². The molecule has 0 aliphatic carbocycles. The fourth-order valence-corrected chi connectivity index (χ4v) is 3.29. The number of hydrogen-bond donors (Lipinski definition) is 1. The Morgan fingerprint density at radius 1 is 1.41 bits per heavy atom. The van der Waals surface area contributed by atoms with Gasteiger partial charge in [-0.3, -0.25) is 0 Å². The quantitative estimate of drug-likeness (QED) is 0.760. The SMILES string of the molecule is COC(=O)c1ccc2c(c1)S(=O)(=O)CCCN2. The molecular formula is C11H13NO4S. The third-order valence-corrected chi connectivity index (χ3v) is 4.48. The second-order valence-corrected chi connectivity index (χ2v) is 5.88. The van der Waals surface area contributed by atoms with E-state index in [2.05, 4.69) is 10.1 Å². The first-order valence-corrected chi connectivity index (χ1v) is 6.89. The van der Waals surface area contributed by atoms with Crippen molar-refractivity contribution in [2.75, 3.05) is 24.7 Å². The van der Waals surface area contributed by atoms with Gasteiger partial charge in [-0.1, -0.05) is 0 Å². The summed E-state index contributed by atoms with van der Waals surface area (Å²) in [6.07, 6.45) is 0.560. The van der Waals surface area contributed by atoms with Crippen LogP contribution in [0.2, 0.25) is 0 Å². The molecule has 1 aliphatic rings. The van der Waals surface area contributed by atoms with Crippen molar-refractivity contribution in [2.45, 2.75) is 11.3 Å². The molecule has 1 heterocycles. The summed E-state index contributed by atoms with van der Waals surface area (Å²) in [5.41, 5.74) is 0.800. The van der Waals surface area contributed by atoms with Gasteiger partial charge >= 0.3 is 5.97 Å². The summed E-state index contributed by atoms with van der Waals surface area (Å²) in [4.78, 5) is 11.5. The number of nitrogens with one attached hydrogen (secondary N) is 1. The second-order valence-electron chi connectivity index (χ2n) is 3.80. The molecule has 0 saturated heterocycles. The molecule has 0 amide bonds. The molecule has 0 atom stereocenters. The van der Waals surface area contributed by atoms with Crippen molar-refractivity contribution in [1.29, 1.82) is 0 Å². The van der Waals surface area contributed by atoms with Crippen molar-refractivity contribution in [3.05, 3.63) is 23.8 Å². The number of rotatable bonds is 1. The van der Waals surface area contributed by atoms with Crippen LogP contribution in [0, 0.1) is 0 Å². The van der Waals surface area contributed by atoms with Gasteiger partial charge in [0.05, 0.1) is 29.0 Å². The van der Waals surface area contributed by atoms with Gasteiger partial charge in [0.25, 0.3) is 0 Å². The van der Waals surface area contributed by atoms with Crippen LogP contribution < -0.4 is 5.32 Å². The maximum absolute atomic E-state index is 12.0. The average Bonchev–Trinajstić information content (AvgIpc) is 2.47. The number of hydrogen-bond acceptors (Lipinski definition) is 5. The van der Waals surface area contributed by atoms with E-state index in [9.17, 15) is 13.2 Å². The Bertz CT molecular complexity index is 551. The summed E-state index contributed by atoms with van der Waals surface area (Å²) in [6.45, 7) is 0.615. The Kier molecular flexibility index (Phi) is 3.06. The molecule has 1 aliphatic heterocycles. The second kappa shape index (κ2) is 4.37. The molecule has 0 spiro atoms. The van der Waals surface area contributed by atoms with Crippen LogP contribution in [0.5, 0.6) is 0 Å². The average molecular weight is 255 g/mol. The molecule has 2 rings (SSSR count). The lowest BCUT2D eigenvalue weighted by molar-refractivity contribution is 0.0600. The van der Waals surface area contributed by atoms with Crippen LogP contribution >= 0.6 is 0 Å². The molecule has 0 unspecified atom stereocenters. The molecule has 0 fully saturated rings. The molecular weight excluding hydrogens is 242 g/mol. The Hall–Kier alpha value is -1.56. The van der Waals surface area contributed by atoms with E-state index >= 15 is 0 Å². The zero-order valence-electron chi connectivity index (χ0n) is 9.39. The molecule has 0 bridgehead atoms. The molecule has 1 aromatic rings. The molecule has 6 heteroatoms. The maximum atomic E-state index is 12.0. The number of ether oxygens (including phenoxy) is 1. The summed E-state index contributed by atoms with van der Waals surface area (Å²) in [5, 5.41) is 3.03. The maximum Gasteiger partial charge on any atom is 0.337 e. The Morgan fingerprint density at radius 2 is 2.18 bits per heavy atom. The Balaban J connectivity index is 2.56. The highest BCUT2D eigenvalue weighted by Crippen LogP contribution is 2.26. The molecule has 0 radical (unpaired) electrons. The number of anilines is 1. The highest BCUT2D eigenvalue weighted by atomic mass is 32.2. The van der Waals surface area contributed by atoms with Crippen LogP contribution in [-0.2, 0) is 14.6 Å².